The maximum absolute atomic E-state index is 13.4. The number of nitrogens with one attached hydrogen (secondary N) is 2. The Bertz CT molecular complexity index is 1470. The van der Waals surface area contributed by atoms with Crippen molar-refractivity contribution in [2.24, 2.45) is 5.92 Å². The summed E-state index contributed by atoms with van der Waals surface area (Å²) in [5, 5.41) is 13.2. The lowest BCUT2D eigenvalue weighted by molar-refractivity contribution is -0.143. The van der Waals surface area contributed by atoms with E-state index in [9.17, 15) is 4.79 Å². The van der Waals surface area contributed by atoms with E-state index in [1.807, 2.05) is 11.1 Å². The van der Waals surface area contributed by atoms with E-state index < -0.39 is 0 Å². The van der Waals surface area contributed by atoms with Crippen LogP contribution < -0.4 is 10.2 Å². The number of aromatic nitrogens is 4. The monoisotopic (exact) mass is 517 g/mol. The van der Waals surface area contributed by atoms with Gasteiger partial charge < -0.3 is 19.9 Å². The first-order valence-corrected chi connectivity index (χ1v) is 14.1. The fourth-order valence-electron chi connectivity index (χ4n) is 6.13. The van der Waals surface area contributed by atoms with Crippen molar-refractivity contribution in [3.63, 3.8) is 0 Å². The van der Waals surface area contributed by atoms with Crippen LogP contribution in [0.2, 0.25) is 0 Å². The molecule has 2 unspecified atom stereocenters. The molecule has 1 aromatic carbocycles. The molecule has 2 aliphatic heterocycles. The summed E-state index contributed by atoms with van der Waals surface area (Å²) in [6.45, 7) is 6.13. The molecule has 0 spiro atoms. The fourth-order valence-corrected chi connectivity index (χ4v) is 7.40. The fraction of sp³-hybridized carbons (Fsp3) is 0.481. The molecule has 0 bridgehead atoms. The van der Waals surface area contributed by atoms with Gasteiger partial charge >= 0.3 is 0 Å². The minimum atomic E-state index is 0.0238. The molecule has 1 aliphatic carbocycles. The molecule has 10 heteroatoms. The first-order chi connectivity index (χ1) is 18.2. The summed E-state index contributed by atoms with van der Waals surface area (Å²) in [6.07, 6.45) is 8.43. The Balaban J connectivity index is 1.22. The highest BCUT2D eigenvalue weighted by atomic mass is 32.1. The average Bonchev–Trinajstić information content (AvgIpc) is 3.67. The number of thiophene rings is 1. The summed E-state index contributed by atoms with van der Waals surface area (Å²) in [6, 6.07) is 4.50. The lowest BCUT2D eigenvalue weighted by Gasteiger charge is -2.36. The zero-order valence-corrected chi connectivity index (χ0v) is 21.8. The quantitative estimate of drug-likeness (QED) is 0.417. The molecule has 3 aliphatic rings. The molecule has 37 heavy (non-hydrogen) atoms. The van der Waals surface area contributed by atoms with E-state index in [4.69, 9.17) is 9.72 Å². The van der Waals surface area contributed by atoms with Crippen molar-refractivity contribution in [1.29, 1.82) is 0 Å². The highest BCUT2D eigenvalue weighted by Crippen LogP contribution is 2.42. The smallest absolute Gasteiger partial charge is 0.226 e. The molecule has 9 nitrogen and oxygen atoms in total. The van der Waals surface area contributed by atoms with Gasteiger partial charge in [-0.15, -0.1) is 11.3 Å². The van der Waals surface area contributed by atoms with Crippen molar-refractivity contribution < 1.29 is 9.53 Å². The molecule has 1 amide bonds. The van der Waals surface area contributed by atoms with Crippen LogP contribution in [0.1, 0.15) is 36.6 Å². The Hall–Kier alpha value is -3.24. The summed E-state index contributed by atoms with van der Waals surface area (Å²) in [5.41, 5.74) is 4.56. The predicted molar refractivity (Wildman–Crippen MR) is 146 cm³/mol. The molecule has 2 N–H and O–H groups in total. The van der Waals surface area contributed by atoms with E-state index in [2.05, 4.69) is 44.5 Å². The number of amides is 1. The van der Waals surface area contributed by atoms with Crippen LogP contribution in [0.3, 0.4) is 0 Å². The standard InChI is InChI=1S/C27H31N7O2S/c1-16-14-36-9-8-34(16)27(35)17-4-5-19-23(11-17)37-26-24(19)25(28-15-29-26)31-21-10-18-13-30-32-20(18)12-22(21)33-6-2-3-7-33/h10,12-13,15-17H,2-9,11,14H2,1H3,(H,30,32)(H,28,29,31). The Labute approximate surface area is 219 Å². The topological polar surface area (TPSA) is 99.3 Å². The van der Waals surface area contributed by atoms with Gasteiger partial charge in [-0.25, -0.2) is 9.97 Å². The molecule has 2 atom stereocenters. The maximum Gasteiger partial charge on any atom is 0.226 e. The van der Waals surface area contributed by atoms with Gasteiger partial charge in [0.25, 0.3) is 0 Å². The highest BCUT2D eigenvalue weighted by molar-refractivity contribution is 7.19. The third-order valence-corrected chi connectivity index (χ3v) is 9.26. The van der Waals surface area contributed by atoms with Crippen molar-refractivity contribution in [2.45, 2.75) is 45.1 Å². The lowest BCUT2D eigenvalue weighted by Crippen LogP contribution is -2.50. The van der Waals surface area contributed by atoms with E-state index in [1.165, 1.54) is 29.0 Å². The van der Waals surface area contributed by atoms with Crippen LogP contribution >= 0.6 is 11.3 Å². The normalized spacial score (nSPS) is 22.1. The Morgan fingerprint density at radius 2 is 2.11 bits per heavy atom. The van der Waals surface area contributed by atoms with Crippen molar-refractivity contribution >= 4 is 55.6 Å². The van der Waals surface area contributed by atoms with Gasteiger partial charge in [0.1, 0.15) is 17.0 Å². The number of hydrogen-bond donors (Lipinski definition) is 2. The van der Waals surface area contributed by atoms with Gasteiger partial charge in [0.2, 0.25) is 5.91 Å². The number of ether oxygens (including phenoxy) is 1. The van der Waals surface area contributed by atoms with Crippen molar-refractivity contribution in [3.8, 4) is 0 Å². The number of carbonyl (C=O) groups excluding carboxylic acids is 1. The molecule has 7 rings (SSSR count). The number of aromatic amines is 1. The number of nitrogens with zero attached hydrogens (tertiary/aromatic N) is 5. The number of H-pyrrole nitrogens is 1. The number of carbonyl (C=O) groups is 1. The second kappa shape index (κ2) is 9.25. The molecule has 2 fully saturated rings. The van der Waals surface area contributed by atoms with E-state index in [-0.39, 0.29) is 17.9 Å². The largest absolute Gasteiger partial charge is 0.377 e. The third kappa shape index (κ3) is 4.02. The van der Waals surface area contributed by atoms with Gasteiger partial charge in [0, 0.05) is 35.8 Å². The van der Waals surface area contributed by atoms with E-state index in [0.717, 1.165) is 65.0 Å². The minimum absolute atomic E-state index is 0.0238. The summed E-state index contributed by atoms with van der Waals surface area (Å²) < 4.78 is 5.55. The number of rotatable bonds is 4. The zero-order valence-electron chi connectivity index (χ0n) is 21.0. The molecule has 5 heterocycles. The van der Waals surface area contributed by atoms with E-state index in [0.29, 0.717) is 19.8 Å². The van der Waals surface area contributed by atoms with Crippen LogP contribution in [0.25, 0.3) is 21.1 Å². The molecule has 192 valence electrons. The number of hydrogen-bond acceptors (Lipinski definition) is 8. The first-order valence-electron chi connectivity index (χ1n) is 13.3. The van der Waals surface area contributed by atoms with Gasteiger partial charge in [-0.2, -0.15) is 5.10 Å². The van der Waals surface area contributed by atoms with Crippen LogP contribution in [-0.4, -0.2) is 69.9 Å². The van der Waals surface area contributed by atoms with Crippen molar-refractivity contribution in [2.75, 3.05) is 43.1 Å². The van der Waals surface area contributed by atoms with Crippen LogP contribution in [0.15, 0.2) is 24.7 Å². The third-order valence-electron chi connectivity index (χ3n) is 8.10. The van der Waals surface area contributed by atoms with Crippen LogP contribution in [0.4, 0.5) is 17.2 Å². The maximum atomic E-state index is 13.4. The number of morpholine rings is 1. The van der Waals surface area contributed by atoms with Crippen LogP contribution in [0.5, 0.6) is 0 Å². The second-order valence-corrected chi connectivity index (χ2v) is 11.5. The Morgan fingerprint density at radius 1 is 1.22 bits per heavy atom. The molecule has 0 saturated carbocycles. The molecular weight excluding hydrogens is 486 g/mol. The number of benzene rings is 1. The number of fused-ring (bicyclic) bond motifs is 4. The average molecular weight is 518 g/mol. The molecule has 4 aromatic rings. The first kappa shape index (κ1) is 22.9. The highest BCUT2D eigenvalue weighted by Gasteiger charge is 2.34. The number of aryl methyl sites for hydroxylation is 1. The molecule has 3 aromatic heterocycles. The van der Waals surface area contributed by atoms with Crippen molar-refractivity contribution in [3.05, 3.63) is 35.1 Å². The second-order valence-electron chi connectivity index (χ2n) is 10.4. The van der Waals surface area contributed by atoms with Crippen LogP contribution in [0, 0.1) is 5.92 Å². The summed E-state index contributed by atoms with van der Waals surface area (Å²) in [4.78, 5) is 29.4. The number of anilines is 3. The lowest BCUT2D eigenvalue weighted by atomic mass is 9.86. The van der Waals surface area contributed by atoms with Crippen molar-refractivity contribution in [1.82, 2.24) is 25.1 Å². The SMILES string of the molecule is CC1COCCN1C(=O)C1CCc2c(sc3ncnc(Nc4cc5cn[nH]c5cc4N4CCCC4)c23)C1. The van der Waals surface area contributed by atoms with E-state index in [1.54, 1.807) is 17.7 Å². The van der Waals surface area contributed by atoms with Crippen LogP contribution in [-0.2, 0) is 22.4 Å². The van der Waals surface area contributed by atoms with Gasteiger partial charge in [-0.3, -0.25) is 9.89 Å². The van der Waals surface area contributed by atoms with E-state index >= 15 is 0 Å². The summed E-state index contributed by atoms with van der Waals surface area (Å²) in [7, 11) is 0. The minimum Gasteiger partial charge on any atom is -0.377 e. The van der Waals surface area contributed by atoms with Gasteiger partial charge in [-0.1, -0.05) is 0 Å². The zero-order chi connectivity index (χ0) is 24.9. The van der Waals surface area contributed by atoms with Gasteiger partial charge in [-0.05, 0) is 56.7 Å². The van der Waals surface area contributed by atoms with Gasteiger partial charge in [0.15, 0.2) is 0 Å². The predicted octanol–water partition coefficient (Wildman–Crippen LogP) is 4.26. The summed E-state index contributed by atoms with van der Waals surface area (Å²) >= 11 is 1.71. The molecular formula is C27H31N7O2S. The summed E-state index contributed by atoms with van der Waals surface area (Å²) in [5.74, 6) is 1.14. The Kier molecular flexibility index (Phi) is 5.73. The molecule has 0 radical (unpaired) electrons. The Morgan fingerprint density at radius 3 is 2.97 bits per heavy atom. The van der Waals surface area contributed by atoms with Gasteiger partial charge in [0.05, 0.1) is 47.7 Å². The molecule has 2 saturated heterocycles.